The minimum atomic E-state index is -0.357. The van der Waals surface area contributed by atoms with Gasteiger partial charge in [0.15, 0.2) is 5.82 Å². The van der Waals surface area contributed by atoms with Gasteiger partial charge in [0.05, 0.1) is 29.5 Å². The third kappa shape index (κ3) is 4.73. The molecule has 3 heterocycles. The molecule has 3 aromatic heterocycles. The first-order valence-electron chi connectivity index (χ1n) is 9.58. The first kappa shape index (κ1) is 21.7. The normalized spacial score (nSPS) is 12.3. The van der Waals surface area contributed by atoms with Gasteiger partial charge >= 0.3 is 0 Å². The average molecular weight is 480 g/mol. The molecule has 0 fully saturated rings. The summed E-state index contributed by atoms with van der Waals surface area (Å²) in [7, 11) is 0. The zero-order valence-electron chi connectivity index (χ0n) is 17.1. The Morgan fingerprint density at radius 3 is 2.68 bits per heavy atom. The van der Waals surface area contributed by atoms with Crippen molar-refractivity contribution in [3.63, 3.8) is 0 Å². The second-order valence-electron chi connectivity index (χ2n) is 7.24. The summed E-state index contributed by atoms with van der Waals surface area (Å²) >= 11 is 13.8. The second-order valence-corrected chi connectivity index (χ2v) is 9.03. The van der Waals surface area contributed by atoms with Crippen molar-refractivity contribution in [2.45, 2.75) is 39.8 Å². The summed E-state index contributed by atoms with van der Waals surface area (Å²) in [4.78, 5) is 0. The van der Waals surface area contributed by atoms with E-state index in [1.165, 1.54) is 17.4 Å². The van der Waals surface area contributed by atoms with E-state index in [2.05, 4.69) is 32.6 Å². The first-order chi connectivity index (χ1) is 14.8. The molecule has 0 bridgehead atoms. The SMILES string of the molecule is Cc1nn(C[C@@H](C)c2nnc(Nc3ccn(Cc4c(F)cccc4Cl)n3)s2)c(C)c1Cl. The molecule has 4 rings (SSSR count). The number of nitrogens with zero attached hydrogens (tertiary/aromatic N) is 6. The van der Waals surface area contributed by atoms with Gasteiger partial charge in [-0.1, -0.05) is 47.5 Å². The van der Waals surface area contributed by atoms with E-state index in [9.17, 15) is 4.39 Å². The average Bonchev–Trinajstić information content (AvgIpc) is 3.43. The molecule has 0 aliphatic carbocycles. The van der Waals surface area contributed by atoms with Gasteiger partial charge in [-0.15, -0.1) is 10.2 Å². The molecule has 0 radical (unpaired) electrons. The van der Waals surface area contributed by atoms with Crippen LogP contribution in [-0.2, 0) is 13.1 Å². The number of anilines is 2. The molecule has 31 heavy (non-hydrogen) atoms. The van der Waals surface area contributed by atoms with E-state index in [0.717, 1.165) is 16.4 Å². The smallest absolute Gasteiger partial charge is 0.211 e. The van der Waals surface area contributed by atoms with Gasteiger partial charge in [-0.25, -0.2) is 4.39 Å². The van der Waals surface area contributed by atoms with Crippen LogP contribution in [0.5, 0.6) is 0 Å². The Morgan fingerprint density at radius 1 is 1.16 bits per heavy atom. The van der Waals surface area contributed by atoms with Gasteiger partial charge in [-0.3, -0.25) is 9.36 Å². The summed E-state index contributed by atoms with van der Waals surface area (Å²) in [5.41, 5.74) is 2.16. The third-order valence-corrected chi connectivity index (χ3v) is 6.83. The van der Waals surface area contributed by atoms with E-state index in [0.29, 0.717) is 33.1 Å². The molecule has 0 unspecified atom stereocenters. The van der Waals surface area contributed by atoms with Gasteiger partial charge in [-0.05, 0) is 26.0 Å². The van der Waals surface area contributed by atoms with E-state index in [1.54, 1.807) is 29.1 Å². The lowest BCUT2D eigenvalue weighted by Crippen LogP contribution is -2.09. The fourth-order valence-corrected chi connectivity index (χ4v) is 4.30. The van der Waals surface area contributed by atoms with Gasteiger partial charge in [0.2, 0.25) is 5.13 Å². The predicted octanol–water partition coefficient (Wildman–Crippen LogP) is 5.59. The number of hydrogen-bond acceptors (Lipinski definition) is 6. The molecule has 7 nitrogen and oxygen atoms in total. The first-order valence-corrected chi connectivity index (χ1v) is 11.2. The van der Waals surface area contributed by atoms with Gasteiger partial charge < -0.3 is 5.32 Å². The van der Waals surface area contributed by atoms with Crippen molar-refractivity contribution in [2.24, 2.45) is 0 Å². The molecular formula is C20H20Cl2FN7S. The van der Waals surface area contributed by atoms with Gasteiger partial charge in [0.1, 0.15) is 10.8 Å². The molecule has 1 atom stereocenters. The number of aromatic nitrogens is 6. The summed E-state index contributed by atoms with van der Waals surface area (Å²) in [5.74, 6) is 0.347. The molecule has 0 amide bonds. The number of halogens is 3. The minimum absolute atomic E-state index is 0.114. The Balaban J connectivity index is 1.42. The van der Waals surface area contributed by atoms with E-state index < -0.39 is 0 Å². The molecule has 11 heteroatoms. The molecule has 1 aromatic carbocycles. The van der Waals surface area contributed by atoms with Crippen molar-refractivity contribution in [3.05, 3.63) is 68.3 Å². The lowest BCUT2D eigenvalue weighted by Gasteiger charge is -2.09. The minimum Gasteiger partial charge on any atom is -0.313 e. The maximum absolute atomic E-state index is 14.0. The molecule has 4 aromatic rings. The van der Waals surface area contributed by atoms with Gasteiger partial charge in [0, 0.05) is 28.8 Å². The molecule has 0 aliphatic rings. The summed E-state index contributed by atoms with van der Waals surface area (Å²) in [5, 5.41) is 23.1. The number of benzene rings is 1. The maximum Gasteiger partial charge on any atom is 0.211 e. The van der Waals surface area contributed by atoms with E-state index in [-0.39, 0.29) is 18.3 Å². The predicted molar refractivity (Wildman–Crippen MR) is 121 cm³/mol. The van der Waals surface area contributed by atoms with Crippen molar-refractivity contribution in [1.82, 2.24) is 29.8 Å². The van der Waals surface area contributed by atoms with Crippen LogP contribution < -0.4 is 5.32 Å². The van der Waals surface area contributed by atoms with E-state index in [1.807, 2.05) is 18.5 Å². The van der Waals surface area contributed by atoms with Crippen LogP contribution in [-0.4, -0.2) is 29.8 Å². The number of aryl methyl sites for hydroxylation is 1. The fourth-order valence-electron chi connectivity index (χ4n) is 3.15. The topological polar surface area (TPSA) is 73.5 Å². The van der Waals surface area contributed by atoms with Crippen LogP contribution in [0.1, 0.15) is 34.8 Å². The Hall–Kier alpha value is -2.49. The number of hydrogen-bond donors (Lipinski definition) is 1. The highest BCUT2D eigenvalue weighted by atomic mass is 35.5. The second kappa shape index (κ2) is 8.94. The van der Waals surface area contributed by atoms with Crippen molar-refractivity contribution >= 4 is 45.5 Å². The summed E-state index contributed by atoms with van der Waals surface area (Å²) in [6, 6.07) is 6.41. The lowest BCUT2D eigenvalue weighted by atomic mass is 10.2. The van der Waals surface area contributed by atoms with Crippen LogP contribution in [0, 0.1) is 19.7 Å². The number of nitrogens with one attached hydrogen (secondary N) is 1. The number of rotatable bonds is 7. The molecule has 0 spiro atoms. The molecule has 1 N–H and O–H groups in total. The fraction of sp³-hybridized carbons (Fsp3) is 0.300. The highest BCUT2D eigenvalue weighted by molar-refractivity contribution is 7.15. The Kier molecular flexibility index (Phi) is 6.27. The highest BCUT2D eigenvalue weighted by Gasteiger charge is 2.17. The highest BCUT2D eigenvalue weighted by Crippen LogP contribution is 2.28. The van der Waals surface area contributed by atoms with Crippen LogP contribution in [0.2, 0.25) is 10.0 Å². The molecule has 0 saturated heterocycles. The largest absolute Gasteiger partial charge is 0.313 e. The van der Waals surface area contributed by atoms with Gasteiger partial charge in [0.25, 0.3) is 0 Å². The Bertz CT molecular complexity index is 1200. The summed E-state index contributed by atoms with van der Waals surface area (Å²) in [6.45, 7) is 6.81. The van der Waals surface area contributed by atoms with Crippen molar-refractivity contribution < 1.29 is 4.39 Å². The van der Waals surface area contributed by atoms with Crippen LogP contribution in [0.4, 0.5) is 15.3 Å². The molecule has 162 valence electrons. The zero-order chi connectivity index (χ0) is 22.1. The van der Waals surface area contributed by atoms with Crippen LogP contribution in [0.15, 0.2) is 30.5 Å². The standard InChI is InChI=1S/C20H20Cl2FN7S/c1-11(9-30-13(3)18(22)12(2)27-30)19-25-26-20(31-19)24-17-7-8-29(28-17)10-14-15(21)5-4-6-16(14)23/h4-8,11H,9-10H2,1-3H3,(H,24,26,28)/t11-/m1/s1. The maximum atomic E-state index is 14.0. The summed E-state index contributed by atoms with van der Waals surface area (Å²) in [6.07, 6.45) is 1.75. The van der Waals surface area contributed by atoms with E-state index in [4.69, 9.17) is 23.2 Å². The molecule has 0 aliphatic heterocycles. The zero-order valence-corrected chi connectivity index (χ0v) is 19.4. The Labute approximate surface area is 192 Å². The molecular weight excluding hydrogens is 460 g/mol. The van der Waals surface area contributed by atoms with Crippen molar-refractivity contribution in [3.8, 4) is 0 Å². The van der Waals surface area contributed by atoms with Crippen LogP contribution >= 0.6 is 34.5 Å². The third-order valence-electron chi connectivity index (χ3n) is 4.86. The van der Waals surface area contributed by atoms with Crippen molar-refractivity contribution in [2.75, 3.05) is 5.32 Å². The van der Waals surface area contributed by atoms with Crippen LogP contribution in [0.25, 0.3) is 0 Å². The van der Waals surface area contributed by atoms with Crippen molar-refractivity contribution in [1.29, 1.82) is 0 Å². The Morgan fingerprint density at radius 2 is 1.97 bits per heavy atom. The van der Waals surface area contributed by atoms with E-state index >= 15 is 0 Å². The van der Waals surface area contributed by atoms with Gasteiger partial charge in [-0.2, -0.15) is 10.2 Å². The lowest BCUT2D eigenvalue weighted by molar-refractivity contribution is 0.525. The quantitative estimate of drug-likeness (QED) is 0.373. The summed E-state index contributed by atoms with van der Waals surface area (Å²) < 4.78 is 17.5. The monoisotopic (exact) mass is 479 g/mol. The molecule has 0 saturated carbocycles. The van der Waals surface area contributed by atoms with Crippen LogP contribution in [0.3, 0.4) is 0 Å².